The summed E-state index contributed by atoms with van der Waals surface area (Å²) in [4.78, 5) is 6.88. The van der Waals surface area contributed by atoms with Gasteiger partial charge in [-0.3, -0.25) is 0 Å². The molecule has 112 valence electrons. The molecule has 1 N–H and O–H groups in total. The van der Waals surface area contributed by atoms with Gasteiger partial charge in [0.15, 0.2) is 0 Å². The van der Waals surface area contributed by atoms with E-state index in [9.17, 15) is 0 Å². The maximum absolute atomic E-state index is 4.42. The van der Waals surface area contributed by atoms with Gasteiger partial charge in [0.05, 0.1) is 6.54 Å². The zero-order chi connectivity index (χ0) is 14.5. The molecule has 0 aliphatic carbocycles. The Labute approximate surface area is 126 Å². The number of aromatic nitrogens is 2. The van der Waals surface area contributed by atoms with Gasteiger partial charge < -0.3 is 14.8 Å². The predicted octanol–water partition coefficient (Wildman–Crippen LogP) is 3.51. The topological polar surface area (TPSA) is 33.1 Å². The molecule has 1 aliphatic rings. The standard InChI is InChI=1S/C17H24N4/c1-2-10-21-13-9-18-17(21)14-19-15-5-7-16(8-6-15)20-11-3-4-12-20/h5-9,13,19H,2-4,10-12,14H2,1H3. The van der Waals surface area contributed by atoms with Crippen LogP contribution in [0.1, 0.15) is 32.0 Å². The molecule has 1 aromatic carbocycles. The maximum atomic E-state index is 4.42. The molecule has 0 atom stereocenters. The Hall–Kier alpha value is -1.97. The van der Waals surface area contributed by atoms with Crippen LogP contribution in [0, 0.1) is 0 Å². The van der Waals surface area contributed by atoms with Crippen molar-refractivity contribution in [1.82, 2.24) is 9.55 Å². The van der Waals surface area contributed by atoms with Gasteiger partial charge in [-0.1, -0.05) is 6.92 Å². The van der Waals surface area contributed by atoms with E-state index >= 15 is 0 Å². The number of aryl methyl sites for hydroxylation is 1. The van der Waals surface area contributed by atoms with Crippen molar-refractivity contribution >= 4 is 11.4 Å². The molecular weight excluding hydrogens is 260 g/mol. The first-order chi connectivity index (χ1) is 10.4. The van der Waals surface area contributed by atoms with E-state index in [1.165, 1.54) is 31.6 Å². The molecule has 1 aliphatic heterocycles. The molecular formula is C17H24N4. The van der Waals surface area contributed by atoms with Gasteiger partial charge in [0, 0.05) is 43.4 Å². The van der Waals surface area contributed by atoms with Crippen molar-refractivity contribution in [2.45, 2.75) is 39.3 Å². The molecule has 3 rings (SSSR count). The smallest absolute Gasteiger partial charge is 0.128 e. The largest absolute Gasteiger partial charge is 0.378 e. The maximum Gasteiger partial charge on any atom is 0.128 e. The summed E-state index contributed by atoms with van der Waals surface area (Å²) in [5.74, 6) is 1.10. The molecule has 1 fully saturated rings. The molecule has 0 bridgehead atoms. The number of hydrogen-bond donors (Lipinski definition) is 1. The second-order valence-electron chi connectivity index (χ2n) is 5.63. The van der Waals surface area contributed by atoms with Crippen molar-refractivity contribution < 1.29 is 0 Å². The van der Waals surface area contributed by atoms with Crippen LogP contribution in [0.25, 0.3) is 0 Å². The molecule has 0 unspecified atom stereocenters. The summed E-state index contributed by atoms with van der Waals surface area (Å²) in [5.41, 5.74) is 2.49. The third kappa shape index (κ3) is 3.38. The first kappa shape index (κ1) is 14.0. The summed E-state index contributed by atoms with van der Waals surface area (Å²) >= 11 is 0. The van der Waals surface area contributed by atoms with Crippen LogP contribution in [0.5, 0.6) is 0 Å². The lowest BCUT2D eigenvalue weighted by molar-refractivity contribution is 0.644. The van der Waals surface area contributed by atoms with Crippen LogP contribution < -0.4 is 10.2 Å². The fourth-order valence-corrected chi connectivity index (χ4v) is 2.90. The summed E-state index contributed by atoms with van der Waals surface area (Å²) in [7, 11) is 0. The first-order valence-electron chi connectivity index (χ1n) is 7.95. The van der Waals surface area contributed by atoms with E-state index in [2.05, 4.69) is 57.2 Å². The van der Waals surface area contributed by atoms with Gasteiger partial charge in [-0.25, -0.2) is 4.98 Å². The van der Waals surface area contributed by atoms with E-state index in [1.54, 1.807) is 0 Å². The Bertz CT molecular complexity index is 552. The van der Waals surface area contributed by atoms with Crippen molar-refractivity contribution in [3.05, 3.63) is 42.5 Å². The third-order valence-electron chi connectivity index (χ3n) is 4.06. The normalized spacial score (nSPS) is 14.6. The zero-order valence-electron chi connectivity index (χ0n) is 12.8. The Balaban J connectivity index is 1.58. The third-order valence-corrected chi connectivity index (χ3v) is 4.06. The minimum atomic E-state index is 0.774. The fraction of sp³-hybridized carbons (Fsp3) is 0.471. The van der Waals surface area contributed by atoms with Crippen LogP contribution in [-0.4, -0.2) is 22.6 Å². The van der Waals surface area contributed by atoms with Gasteiger partial charge in [-0.15, -0.1) is 0 Å². The summed E-state index contributed by atoms with van der Waals surface area (Å²) in [6, 6.07) is 8.76. The zero-order valence-corrected chi connectivity index (χ0v) is 12.8. The molecule has 4 nitrogen and oxygen atoms in total. The van der Waals surface area contributed by atoms with Crippen LogP contribution in [0.2, 0.25) is 0 Å². The van der Waals surface area contributed by atoms with Crippen molar-refractivity contribution in [3.8, 4) is 0 Å². The molecule has 21 heavy (non-hydrogen) atoms. The van der Waals surface area contributed by atoms with Gasteiger partial charge in [0.25, 0.3) is 0 Å². The number of rotatable bonds is 6. The average Bonchev–Trinajstić information content (AvgIpc) is 3.18. The second kappa shape index (κ2) is 6.66. The second-order valence-corrected chi connectivity index (χ2v) is 5.63. The highest BCUT2D eigenvalue weighted by Gasteiger charge is 2.11. The summed E-state index contributed by atoms with van der Waals surface area (Å²) < 4.78 is 2.21. The number of hydrogen-bond acceptors (Lipinski definition) is 3. The van der Waals surface area contributed by atoms with Crippen LogP contribution in [0.3, 0.4) is 0 Å². The molecule has 0 saturated carbocycles. The number of nitrogens with zero attached hydrogens (tertiary/aromatic N) is 3. The van der Waals surface area contributed by atoms with Gasteiger partial charge in [0.1, 0.15) is 5.82 Å². The predicted molar refractivity (Wildman–Crippen MR) is 87.7 cm³/mol. The molecule has 0 amide bonds. The van der Waals surface area contributed by atoms with Crippen LogP contribution >= 0.6 is 0 Å². The minimum absolute atomic E-state index is 0.774. The molecule has 1 aromatic heterocycles. The molecule has 1 saturated heterocycles. The average molecular weight is 284 g/mol. The van der Waals surface area contributed by atoms with Gasteiger partial charge in [-0.05, 0) is 43.5 Å². The summed E-state index contributed by atoms with van der Waals surface area (Å²) in [5, 5.41) is 3.46. The summed E-state index contributed by atoms with van der Waals surface area (Å²) in [6.07, 6.45) is 7.70. The Morgan fingerprint density at radius 1 is 1.14 bits per heavy atom. The molecule has 2 aromatic rings. The lowest BCUT2D eigenvalue weighted by atomic mass is 10.2. The molecule has 0 spiro atoms. The van der Waals surface area contributed by atoms with E-state index in [4.69, 9.17) is 0 Å². The van der Waals surface area contributed by atoms with Gasteiger partial charge in [0.2, 0.25) is 0 Å². The highest BCUT2D eigenvalue weighted by atomic mass is 15.1. The van der Waals surface area contributed by atoms with E-state index < -0.39 is 0 Å². The van der Waals surface area contributed by atoms with E-state index in [0.29, 0.717) is 0 Å². The monoisotopic (exact) mass is 284 g/mol. The Morgan fingerprint density at radius 3 is 2.62 bits per heavy atom. The minimum Gasteiger partial charge on any atom is -0.378 e. The number of imidazole rings is 1. The van der Waals surface area contributed by atoms with E-state index in [1.807, 2.05) is 6.20 Å². The van der Waals surface area contributed by atoms with Gasteiger partial charge in [-0.2, -0.15) is 0 Å². The van der Waals surface area contributed by atoms with Crippen LogP contribution in [0.15, 0.2) is 36.7 Å². The lowest BCUT2D eigenvalue weighted by Crippen LogP contribution is -2.17. The highest BCUT2D eigenvalue weighted by molar-refractivity contribution is 5.55. The lowest BCUT2D eigenvalue weighted by Gasteiger charge is -2.18. The summed E-state index contributed by atoms with van der Waals surface area (Å²) in [6.45, 7) is 6.39. The van der Waals surface area contributed by atoms with Gasteiger partial charge >= 0.3 is 0 Å². The fourth-order valence-electron chi connectivity index (χ4n) is 2.90. The first-order valence-corrected chi connectivity index (χ1v) is 7.95. The van der Waals surface area contributed by atoms with Crippen molar-refractivity contribution in [3.63, 3.8) is 0 Å². The quantitative estimate of drug-likeness (QED) is 0.881. The Kier molecular flexibility index (Phi) is 4.43. The number of anilines is 2. The van der Waals surface area contributed by atoms with E-state index in [-0.39, 0.29) is 0 Å². The highest BCUT2D eigenvalue weighted by Crippen LogP contribution is 2.22. The van der Waals surface area contributed by atoms with E-state index in [0.717, 1.165) is 31.0 Å². The van der Waals surface area contributed by atoms with Crippen molar-refractivity contribution in [2.75, 3.05) is 23.3 Å². The molecule has 2 heterocycles. The number of benzene rings is 1. The number of nitrogens with one attached hydrogen (secondary N) is 1. The van der Waals surface area contributed by atoms with Crippen molar-refractivity contribution in [1.29, 1.82) is 0 Å². The van der Waals surface area contributed by atoms with Crippen molar-refractivity contribution in [2.24, 2.45) is 0 Å². The van der Waals surface area contributed by atoms with Crippen LogP contribution in [-0.2, 0) is 13.1 Å². The molecule has 0 radical (unpaired) electrons. The van der Waals surface area contributed by atoms with Crippen LogP contribution in [0.4, 0.5) is 11.4 Å². The Morgan fingerprint density at radius 2 is 1.90 bits per heavy atom. The molecule has 4 heteroatoms. The SMILES string of the molecule is CCCn1ccnc1CNc1ccc(N2CCCC2)cc1.